The summed E-state index contributed by atoms with van der Waals surface area (Å²) in [6, 6.07) is 15.9. The molecule has 0 spiro atoms. The van der Waals surface area contributed by atoms with Crippen LogP contribution in [0.5, 0.6) is 0 Å². The van der Waals surface area contributed by atoms with E-state index >= 15 is 0 Å². The molecule has 32 heavy (non-hydrogen) atoms. The molecule has 0 bridgehead atoms. The lowest BCUT2D eigenvalue weighted by Gasteiger charge is -2.29. The predicted octanol–water partition coefficient (Wildman–Crippen LogP) is 4.49. The predicted molar refractivity (Wildman–Crippen MR) is 129 cm³/mol. The first-order valence-electron chi connectivity index (χ1n) is 10.5. The van der Waals surface area contributed by atoms with Gasteiger partial charge in [-0.05, 0) is 37.3 Å². The normalized spacial score (nSPS) is 16.1. The number of aromatic amines is 1. The number of rotatable bonds is 5. The molecule has 8 heteroatoms. The molecule has 0 amide bonds. The zero-order valence-electron chi connectivity index (χ0n) is 17.6. The van der Waals surface area contributed by atoms with Crippen molar-refractivity contribution in [1.82, 2.24) is 4.98 Å². The number of fused-ring (bicyclic) bond motifs is 2. The number of ether oxygens (including phenoxy) is 1. The van der Waals surface area contributed by atoms with Gasteiger partial charge in [-0.15, -0.1) is 0 Å². The molecule has 0 aliphatic carbocycles. The number of aldehydes is 1. The Labute approximate surface area is 194 Å². The fraction of sp³-hybridized carbons (Fsp3) is 0.250. The topological polar surface area (TPSA) is 74.4 Å². The van der Waals surface area contributed by atoms with Crippen molar-refractivity contribution in [2.24, 2.45) is 0 Å². The zero-order chi connectivity index (χ0) is 22.1. The Hall–Kier alpha value is -2.68. The van der Waals surface area contributed by atoms with Gasteiger partial charge in [-0.3, -0.25) is 4.79 Å². The fourth-order valence-electron chi connectivity index (χ4n) is 3.88. The second-order valence-corrected chi connectivity index (χ2v) is 9.92. The summed E-state index contributed by atoms with van der Waals surface area (Å²) in [6.07, 6.45) is 0.898. The fourth-order valence-corrected chi connectivity index (χ4v) is 6.29. The Morgan fingerprint density at radius 2 is 1.91 bits per heavy atom. The molecule has 1 unspecified atom stereocenters. The minimum Gasteiger partial charge on any atom is -0.378 e. The number of benzene rings is 2. The van der Waals surface area contributed by atoms with Crippen LogP contribution in [0.1, 0.15) is 6.92 Å². The number of nitrogens with zero attached hydrogens (tertiary/aromatic N) is 1. The van der Waals surface area contributed by atoms with E-state index in [-0.39, 0.29) is 11.6 Å². The molecule has 1 fully saturated rings. The summed E-state index contributed by atoms with van der Waals surface area (Å²) in [5.41, 5.74) is 3.60. The molecule has 3 aromatic rings. The van der Waals surface area contributed by atoms with Crippen molar-refractivity contribution < 1.29 is 9.53 Å². The van der Waals surface area contributed by atoms with Crippen molar-refractivity contribution in [3.8, 4) is 11.3 Å². The van der Waals surface area contributed by atoms with Gasteiger partial charge in [0.1, 0.15) is 6.29 Å². The number of hydrogen-bond donors (Lipinski definition) is 2. The van der Waals surface area contributed by atoms with Crippen LogP contribution in [-0.2, 0) is 9.53 Å². The largest absolute Gasteiger partial charge is 0.378 e. The molecule has 0 saturated carbocycles. The number of carbonyl (C=O) groups is 1. The molecule has 2 aliphatic rings. The maximum absolute atomic E-state index is 12.5. The van der Waals surface area contributed by atoms with Crippen LogP contribution in [0.2, 0.25) is 0 Å². The summed E-state index contributed by atoms with van der Waals surface area (Å²) in [6.45, 7) is 4.75. The molecule has 2 aromatic carbocycles. The van der Waals surface area contributed by atoms with E-state index in [1.807, 2.05) is 19.1 Å². The van der Waals surface area contributed by atoms with Crippen molar-refractivity contribution in [2.45, 2.75) is 32.5 Å². The van der Waals surface area contributed by atoms with E-state index in [9.17, 15) is 9.59 Å². The van der Waals surface area contributed by atoms with E-state index in [0.717, 1.165) is 61.6 Å². The summed E-state index contributed by atoms with van der Waals surface area (Å²) in [5.74, 6) is 0. The molecule has 2 N–H and O–H groups in total. The van der Waals surface area contributed by atoms with Gasteiger partial charge in [0.25, 0.3) is 0 Å². The smallest absolute Gasteiger partial charge is 0.250 e. The quantitative estimate of drug-likeness (QED) is 0.421. The van der Waals surface area contributed by atoms with Gasteiger partial charge in [0.15, 0.2) is 0 Å². The molecule has 1 atom stereocenters. The van der Waals surface area contributed by atoms with Crippen molar-refractivity contribution in [3.05, 3.63) is 58.9 Å². The Kier molecular flexibility index (Phi) is 5.99. The Morgan fingerprint density at radius 1 is 1.06 bits per heavy atom. The molecule has 2 aliphatic heterocycles. The van der Waals surface area contributed by atoms with Crippen LogP contribution in [0.15, 0.2) is 72.9 Å². The third-order valence-corrected chi connectivity index (χ3v) is 8.04. The molecular weight excluding hydrogens is 442 g/mol. The maximum Gasteiger partial charge on any atom is 0.250 e. The number of anilines is 2. The zero-order valence-corrected chi connectivity index (χ0v) is 19.2. The average Bonchev–Trinajstić information content (AvgIpc) is 2.82. The second kappa shape index (κ2) is 9.05. The molecular formula is C24H23N3O3S2. The van der Waals surface area contributed by atoms with Gasteiger partial charge in [0.2, 0.25) is 5.56 Å². The number of aromatic nitrogens is 1. The van der Waals surface area contributed by atoms with Crippen LogP contribution in [0.25, 0.3) is 11.3 Å². The highest BCUT2D eigenvalue weighted by Gasteiger charge is 2.22. The summed E-state index contributed by atoms with van der Waals surface area (Å²) >= 11 is 3.42. The van der Waals surface area contributed by atoms with Crippen LogP contribution in [0.4, 0.5) is 11.4 Å². The third-order valence-electron chi connectivity index (χ3n) is 5.45. The van der Waals surface area contributed by atoms with E-state index in [4.69, 9.17) is 4.74 Å². The van der Waals surface area contributed by atoms with Crippen LogP contribution < -0.4 is 15.8 Å². The minimum atomic E-state index is -0.233. The standard InChI is InChI=1S/C24H23N3O3S2/c1-15(14-28)25-16-5-6-20-22(11-16)31-21-4-2-3-18(24(21)32-20)19-12-17(13-23(29)26-19)27-7-9-30-10-8-27/h2-6,11-15,25H,7-10H2,1H3,(H,26,29). The number of carbonyl (C=O) groups excluding carboxylic acids is 1. The van der Waals surface area contributed by atoms with Gasteiger partial charge in [0, 0.05) is 55.7 Å². The molecule has 1 saturated heterocycles. The number of nitrogens with one attached hydrogen (secondary N) is 2. The second-order valence-electron chi connectivity index (χ2n) is 7.78. The lowest BCUT2D eigenvalue weighted by molar-refractivity contribution is -0.108. The lowest BCUT2D eigenvalue weighted by atomic mass is 10.1. The Morgan fingerprint density at radius 3 is 2.72 bits per heavy atom. The summed E-state index contributed by atoms with van der Waals surface area (Å²) < 4.78 is 5.45. The molecule has 6 nitrogen and oxygen atoms in total. The number of morpholine rings is 1. The first-order valence-corrected chi connectivity index (χ1v) is 12.2. The first kappa shape index (κ1) is 21.2. The summed E-state index contributed by atoms with van der Waals surface area (Å²) in [4.78, 5) is 33.3. The van der Waals surface area contributed by atoms with E-state index < -0.39 is 0 Å². The molecule has 5 rings (SSSR count). The van der Waals surface area contributed by atoms with Crippen molar-refractivity contribution in [3.63, 3.8) is 0 Å². The lowest BCUT2D eigenvalue weighted by Crippen LogP contribution is -2.36. The van der Waals surface area contributed by atoms with Gasteiger partial charge in [-0.1, -0.05) is 35.7 Å². The molecule has 3 heterocycles. The van der Waals surface area contributed by atoms with Crippen molar-refractivity contribution >= 4 is 41.2 Å². The molecule has 1 aromatic heterocycles. The van der Waals surface area contributed by atoms with E-state index in [1.54, 1.807) is 29.6 Å². The number of pyridine rings is 1. The van der Waals surface area contributed by atoms with E-state index in [1.165, 1.54) is 0 Å². The number of hydrogen-bond acceptors (Lipinski definition) is 7. The summed E-state index contributed by atoms with van der Waals surface area (Å²) in [5, 5.41) is 3.20. The third kappa shape index (κ3) is 4.30. The SMILES string of the molecule is CC(C=O)Nc1ccc2c(c1)Sc1cccc(-c3cc(N4CCOCC4)cc(=O)[nH]3)c1S2. The highest BCUT2D eigenvalue weighted by molar-refractivity contribution is 8.05. The molecule has 0 radical (unpaired) electrons. The van der Waals surface area contributed by atoms with Gasteiger partial charge >= 0.3 is 0 Å². The highest BCUT2D eigenvalue weighted by Crippen LogP contribution is 2.52. The van der Waals surface area contributed by atoms with Gasteiger partial charge < -0.3 is 24.7 Å². The van der Waals surface area contributed by atoms with Gasteiger partial charge in [-0.25, -0.2) is 0 Å². The molecule has 164 valence electrons. The first-order chi connectivity index (χ1) is 15.6. The average molecular weight is 466 g/mol. The van der Waals surface area contributed by atoms with Crippen LogP contribution in [0.3, 0.4) is 0 Å². The van der Waals surface area contributed by atoms with Crippen molar-refractivity contribution in [1.29, 1.82) is 0 Å². The monoisotopic (exact) mass is 465 g/mol. The van der Waals surface area contributed by atoms with E-state index in [2.05, 4.69) is 45.5 Å². The number of H-pyrrole nitrogens is 1. The van der Waals surface area contributed by atoms with Gasteiger partial charge in [0.05, 0.1) is 24.9 Å². The van der Waals surface area contributed by atoms with E-state index in [0.29, 0.717) is 13.2 Å². The van der Waals surface area contributed by atoms with Gasteiger partial charge in [-0.2, -0.15) is 0 Å². The van der Waals surface area contributed by atoms with Crippen LogP contribution in [-0.4, -0.2) is 43.6 Å². The van der Waals surface area contributed by atoms with Crippen LogP contribution in [0, 0.1) is 0 Å². The summed E-state index contributed by atoms with van der Waals surface area (Å²) in [7, 11) is 0. The Balaban J connectivity index is 1.49. The Bertz CT molecular complexity index is 1220. The maximum atomic E-state index is 12.5. The van der Waals surface area contributed by atoms with Crippen LogP contribution >= 0.6 is 23.5 Å². The highest BCUT2D eigenvalue weighted by atomic mass is 32.2. The minimum absolute atomic E-state index is 0.101. The van der Waals surface area contributed by atoms with Crippen molar-refractivity contribution in [2.75, 3.05) is 36.5 Å².